The minimum atomic E-state index is -0.569. The molecule has 0 radical (unpaired) electrons. The van der Waals surface area contributed by atoms with Gasteiger partial charge in [0.15, 0.2) is 0 Å². The number of terminal acetylenes is 1. The van der Waals surface area contributed by atoms with E-state index >= 15 is 0 Å². The van der Waals surface area contributed by atoms with Crippen molar-refractivity contribution >= 4 is 15.9 Å². The van der Waals surface area contributed by atoms with Crippen LogP contribution >= 0.6 is 15.9 Å². The number of rotatable bonds is 2. The Labute approximate surface area is 86.9 Å². The molecule has 0 saturated carbocycles. The smallest absolute Gasteiger partial charge is 0.0909 e. The standard InChI is InChI=1S/C11H11BrO/c1-3-4-11(13)9-6-5-8(2)7-10(9)12/h1,5-7,11,13H,4H2,2H3. The number of aliphatic hydroxyl groups is 1. The van der Waals surface area contributed by atoms with Gasteiger partial charge in [-0.1, -0.05) is 28.1 Å². The van der Waals surface area contributed by atoms with Crippen LogP contribution in [0.5, 0.6) is 0 Å². The third kappa shape index (κ3) is 2.58. The van der Waals surface area contributed by atoms with Crippen LogP contribution < -0.4 is 0 Å². The summed E-state index contributed by atoms with van der Waals surface area (Å²) in [6.45, 7) is 2.00. The van der Waals surface area contributed by atoms with E-state index in [1.807, 2.05) is 25.1 Å². The highest BCUT2D eigenvalue weighted by Crippen LogP contribution is 2.26. The largest absolute Gasteiger partial charge is 0.387 e. The van der Waals surface area contributed by atoms with Crippen LogP contribution in [-0.4, -0.2) is 5.11 Å². The van der Waals surface area contributed by atoms with Crippen molar-refractivity contribution in [3.8, 4) is 12.3 Å². The molecule has 1 aromatic carbocycles. The Morgan fingerprint density at radius 1 is 1.62 bits per heavy atom. The molecule has 0 bridgehead atoms. The Balaban J connectivity index is 2.96. The number of halogens is 1. The predicted molar refractivity (Wildman–Crippen MR) is 57.3 cm³/mol. The van der Waals surface area contributed by atoms with Crippen LogP contribution in [0.25, 0.3) is 0 Å². The van der Waals surface area contributed by atoms with Crippen molar-refractivity contribution < 1.29 is 5.11 Å². The van der Waals surface area contributed by atoms with E-state index < -0.39 is 6.10 Å². The van der Waals surface area contributed by atoms with Crippen molar-refractivity contribution in [2.45, 2.75) is 19.4 Å². The average Bonchev–Trinajstić information content (AvgIpc) is 2.04. The fourth-order valence-corrected chi connectivity index (χ4v) is 1.88. The first kappa shape index (κ1) is 10.3. The molecule has 0 aliphatic carbocycles. The molecule has 13 heavy (non-hydrogen) atoms. The molecular formula is C11H11BrO. The Morgan fingerprint density at radius 2 is 2.31 bits per heavy atom. The van der Waals surface area contributed by atoms with E-state index in [-0.39, 0.29) is 0 Å². The van der Waals surface area contributed by atoms with E-state index in [1.54, 1.807) is 0 Å². The molecule has 1 nitrogen and oxygen atoms in total. The Kier molecular flexibility index (Phi) is 3.53. The van der Waals surface area contributed by atoms with Crippen LogP contribution in [0.3, 0.4) is 0 Å². The van der Waals surface area contributed by atoms with Crippen LogP contribution in [-0.2, 0) is 0 Å². The maximum Gasteiger partial charge on any atom is 0.0909 e. The van der Waals surface area contributed by atoms with E-state index in [1.165, 1.54) is 0 Å². The van der Waals surface area contributed by atoms with Crippen LogP contribution in [0, 0.1) is 19.3 Å². The van der Waals surface area contributed by atoms with Crippen LogP contribution in [0.2, 0.25) is 0 Å². The molecule has 68 valence electrons. The molecule has 1 aromatic rings. The molecule has 0 saturated heterocycles. The first-order valence-corrected chi connectivity index (χ1v) is 4.82. The van der Waals surface area contributed by atoms with Gasteiger partial charge in [-0.15, -0.1) is 12.3 Å². The monoisotopic (exact) mass is 238 g/mol. The van der Waals surface area contributed by atoms with Gasteiger partial charge in [-0.25, -0.2) is 0 Å². The molecule has 2 heteroatoms. The summed E-state index contributed by atoms with van der Waals surface area (Å²) < 4.78 is 0.912. The zero-order valence-corrected chi connectivity index (χ0v) is 9.01. The summed E-state index contributed by atoms with van der Waals surface area (Å²) in [6.07, 6.45) is 4.90. The highest BCUT2D eigenvalue weighted by molar-refractivity contribution is 9.10. The van der Waals surface area contributed by atoms with Crippen molar-refractivity contribution in [3.05, 3.63) is 33.8 Å². The number of hydrogen-bond donors (Lipinski definition) is 1. The minimum absolute atomic E-state index is 0.349. The minimum Gasteiger partial charge on any atom is -0.387 e. The van der Waals surface area contributed by atoms with Gasteiger partial charge in [0, 0.05) is 10.9 Å². The second-order valence-corrected chi connectivity index (χ2v) is 3.80. The highest BCUT2D eigenvalue weighted by atomic mass is 79.9. The van der Waals surface area contributed by atoms with Gasteiger partial charge in [0.1, 0.15) is 0 Å². The van der Waals surface area contributed by atoms with E-state index in [0.717, 1.165) is 15.6 Å². The molecule has 0 fully saturated rings. The van der Waals surface area contributed by atoms with Gasteiger partial charge < -0.3 is 5.11 Å². The molecule has 0 aliphatic heterocycles. The Hall–Kier alpha value is -0.780. The van der Waals surface area contributed by atoms with Gasteiger partial charge in [-0.2, -0.15) is 0 Å². The molecule has 1 rings (SSSR count). The molecule has 0 aromatic heterocycles. The summed E-state index contributed by atoms with van der Waals surface area (Å²) in [7, 11) is 0. The Bertz CT molecular complexity index is 338. The van der Waals surface area contributed by atoms with Crippen molar-refractivity contribution in [1.29, 1.82) is 0 Å². The van der Waals surface area contributed by atoms with Crippen LogP contribution in [0.15, 0.2) is 22.7 Å². The fraction of sp³-hybridized carbons (Fsp3) is 0.273. The summed E-state index contributed by atoms with van der Waals surface area (Å²) in [5.41, 5.74) is 2.01. The van der Waals surface area contributed by atoms with E-state index in [0.29, 0.717) is 6.42 Å². The highest BCUT2D eigenvalue weighted by Gasteiger charge is 2.09. The molecule has 0 amide bonds. The second-order valence-electron chi connectivity index (χ2n) is 2.95. The van der Waals surface area contributed by atoms with Crippen molar-refractivity contribution in [1.82, 2.24) is 0 Å². The van der Waals surface area contributed by atoms with Gasteiger partial charge in [-0.05, 0) is 24.1 Å². The summed E-state index contributed by atoms with van der Waals surface area (Å²) >= 11 is 3.39. The first-order valence-electron chi connectivity index (χ1n) is 4.02. The quantitative estimate of drug-likeness (QED) is 0.787. The van der Waals surface area contributed by atoms with Crippen molar-refractivity contribution in [2.75, 3.05) is 0 Å². The molecule has 1 unspecified atom stereocenters. The zero-order valence-electron chi connectivity index (χ0n) is 7.42. The Morgan fingerprint density at radius 3 is 2.85 bits per heavy atom. The van der Waals surface area contributed by atoms with Gasteiger partial charge in [0.05, 0.1) is 6.10 Å². The predicted octanol–water partition coefficient (Wildman–Crippen LogP) is 2.81. The average molecular weight is 239 g/mol. The molecule has 0 aliphatic rings. The molecule has 1 N–H and O–H groups in total. The maximum absolute atomic E-state index is 9.62. The van der Waals surface area contributed by atoms with Gasteiger partial charge in [0.25, 0.3) is 0 Å². The third-order valence-electron chi connectivity index (χ3n) is 1.83. The summed E-state index contributed by atoms with van der Waals surface area (Å²) in [5, 5.41) is 9.62. The van der Waals surface area contributed by atoms with E-state index in [9.17, 15) is 5.11 Å². The third-order valence-corrected chi connectivity index (χ3v) is 2.51. The summed E-state index contributed by atoms with van der Waals surface area (Å²) in [4.78, 5) is 0. The number of benzene rings is 1. The number of aryl methyl sites for hydroxylation is 1. The number of hydrogen-bond acceptors (Lipinski definition) is 1. The van der Waals surface area contributed by atoms with Gasteiger partial charge in [-0.3, -0.25) is 0 Å². The van der Waals surface area contributed by atoms with Crippen molar-refractivity contribution in [3.63, 3.8) is 0 Å². The lowest BCUT2D eigenvalue weighted by Gasteiger charge is -2.10. The maximum atomic E-state index is 9.62. The number of aliphatic hydroxyl groups excluding tert-OH is 1. The lowest BCUT2D eigenvalue weighted by Crippen LogP contribution is -1.97. The SMILES string of the molecule is C#CCC(O)c1ccc(C)cc1Br. The van der Waals surface area contributed by atoms with Crippen molar-refractivity contribution in [2.24, 2.45) is 0 Å². The van der Waals surface area contributed by atoms with E-state index in [2.05, 4.69) is 21.9 Å². The van der Waals surface area contributed by atoms with Gasteiger partial charge >= 0.3 is 0 Å². The summed E-state index contributed by atoms with van der Waals surface area (Å²) in [6, 6.07) is 5.82. The molecular weight excluding hydrogens is 228 g/mol. The zero-order chi connectivity index (χ0) is 9.84. The lowest BCUT2D eigenvalue weighted by atomic mass is 10.1. The molecule has 1 atom stereocenters. The lowest BCUT2D eigenvalue weighted by molar-refractivity contribution is 0.183. The van der Waals surface area contributed by atoms with Gasteiger partial charge in [0.2, 0.25) is 0 Å². The molecule has 0 spiro atoms. The van der Waals surface area contributed by atoms with E-state index in [4.69, 9.17) is 6.42 Å². The normalized spacial score (nSPS) is 12.2. The summed E-state index contributed by atoms with van der Waals surface area (Å²) in [5.74, 6) is 2.44. The second kappa shape index (κ2) is 4.45. The fourth-order valence-electron chi connectivity index (χ4n) is 1.12. The first-order chi connectivity index (χ1) is 6.15. The topological polar surface area (TPSA) is 20.2 Å². The van der Waals surface area contributed by atoms with Crippen LogP contribution in [0.4, 0.5) is 0 Å². The van der Waals surface area contributed by atoms with Crippen LogP contribution in [0.1, 0.15) is 23.7 Å². The molecule has 0 heterocycles.